The Labute approximate surface area is 110 Å². The topological polar surface area (TPSA) is 38.0 Å². The number of thiophene rings is 1. The minimum absolute atomic E-state index is 0.103. The molecule has 2 nitrogen and oxygen atoms in total. The highest BCUT2D eigenvalue weighted by atomic mass is 35.5. The van der Waals surface area contributed by atoms with Gasteiger partial charge in [0.2, 0.25) is 0 Å². The maximum absolute atomic E-state index is 6.17. The van der Waals surface area contributed by atoms with Gasteiger partial charge in [0, 0.05) is 29.0 Å². The Hall–Kier alpha value is -0.870. The smallest absolute Gasteiger partial charge is 0.0462 e. The highest BCUT2D eigenvalue weighted by Gasteiger charge is 2.11. The number of nitrogens with one attached hydrogen (secondary N) is 1. The summed E-state index contributed by atoms with van der Waals surface area (Å²) >= 11 is 7.90. The van der Waals surface area contributed by atoms with Gasteiger partial charge in [-0.2, -0.15) is 0 Å². The first-order valence-electron chi connectivity index (χ1n) is 5.51. The summed E-state index contributed by atoms with van der Waals surface area (Å²) in [5.74, 6) is 0. The van der Waals surface area contributed by atoms with Crippen LogP contribution >= 0.6 is 22.9 Å². The predicted octanol–water partition coefficient (Wildman–Crippen LogP) is 3.19. The number of benzene rings is 1. The Morgan fingerprint density at radius 1 is 1.24 bits per heavy atom. The molecule has 0 spiro atoms. The van der Waals surface area contributed by atoms with Crippen LogP contribution in [0.1, 0.15) is 16.5 Å². The van der Waals surface area contributed by atoms with Crippen LogP contribution in [0.5, 0.6) is 0 Å². The van der Waals surface area contributed by atoms with Crippen molar-refractivity contribution in [2.45, 2.75) is 12.6 Å². The molecule has 0 saturated carbocycles. The van der Waals surface area contributed by atoms with Crippen molar-refractivity contribution in [2.75, 3.05) is 6.54 Å². The Bertz CT molecular complexity index is 456. The molecule has 0 aliphatic heterocycles. The molecule has 4 heteroatoms. The van der Waals surface area contributed by atoms with Crippen LogP contribution in [0.3, 0.4) is 0 Å². The zero-order valence-corrected chi connectivity index (χ0v) is 11.0. The van der Waals surface area contributed by atoms with Gasteiger partial charge in [-0.25, -0.2) is 0 Å². The highest BCUT2D eigenvalue weighted by molar-refractivity contribution is 7.09. The third-order valence-electron chi connectivity index (χ3n) is 2.62. The number of halogens is 1. The van der Waals surface area contributed by atoms with E-state index in [1.807, 2.05) is 24.3 Å². The molecule has 0 aliphatic carbocycles. The average Bonchev–Trinajstić information content (AvgIpc) is 2.85. The van der Waals surface area contributed by atoms with Crippen LogP contribution in [-0.4, -0.2) is 6.54 Å². The monoisotopic (exact) mass is 266 g/mol. The predicted molar refractivity (Wildman–Crippen MR) is 74.4 cm³/mol. The number of rotatable bonds is 5. The molecule has 3 N–H and O–H groups in total. The van der Waals surface area contributed by atoms with Crippen molar-refractivity contribution in [1.82, 2.24) is 5.32 Å². The van der Waals surface area contributed by atoms with Crippen LogP contribution < -0.4 is 11.1 Å². The second-order valence-corrected chi connectivity index (χ2v) is 5.21. The highest BCUT2D eigenvalue weighted by Crippen LogP contribution is 2.22. The van der Waals surface area contributed by atoms with E-state index < -0.39 is 0 Å². The van der Waals surface area contributed by atoms with Gasteiger partial charge in [0.25, 0.3) is 0 Å². The molecule has 1 aromatic carbocycles. The maximum Gasteiger partial charge on any atom is 0.0462 e. The van der Waals surface area contributed by atoms with Gasteiger partial charge in [0.05, 0.1) is 0 Å². The van der Waals surface area contributed by atoms with Crippen LogP contribution in [0.2, 0.25) is 5.02 Å². The third kappa shape index (κ3) is 3.30. The first kappa shape index (κ1) is 12.6. The zero-order chi connectivity index (χ0) is 12.1. The molecule has 0 amide bonds. The minimum atomic E-state index is 0.103. The van der Waals surface area contributed by atoms with Crippen LogP contribution in [-0.2, 0) is 6.54 Å². The quantitative estimate of drug-likeness (QED) is 0.872. The van der Waals surface area contributed by atoms with Crippen molar-refractivity contribution in [1.29, 1.82) is 0 Å². The summed E-state index contributed by atoms with van der Waals surface area (Å²) in [6, 6.07) is 12.1. The summed E-state index contributed by atoms with van der Waals surface area (Å²) in [6.07, 6.45) is 0. The maximum atomic E-state index is 6.17. The van der Waals surface area contributed by atoms with Gasteiger partial charge >= 0.3 is 0 Å². The summed E-state index contributed by atoms with van der Waals surface area (Å²) in [7, 11) is 0. The summed E-state index contributed by atoms with van der Waals surface area (Å²) < 4.78 is 0. The van der Waals surface area contributed by atoms with Crippen molar-refractivity contribution in [3.05, 3.63) is 57.2 Å². The van der Waals surface area contributed by atoms with Crippen molar-refractivity contribution in [3.63, 3.8) is 0 Å². The van der Waals surface area contributed by atoms with E-state index in [2.05, 4.69) is 22.8 Å². The molecule has 1 aromatic heterocycles. The third-order valence-corrected chi connectivity index (χ3v) is 3.84. The van der Waals surface area contributed by atoms with Crippen molar-refractivity contribution < 1.29 is 0 Å². The van der Waals surface area contributed by atoms with Gasteiger partial charge in [-0.3, -0.25) is 0 Å². The Morgan fingerprint density at radius 2 is 2.06 bits per heavy atom. The van der Waals surface area contributed by atoms with E-state index in [-0.39, 0.29) is 6.04 Å². The molecule has 17 heavy (non-hydrogen) atoms. The minimum Gasteiger partial charge on any atom is -0.329 e. The normalized spacial score (nSPS) is 12.6. The Balaban J connectivity index is 2.04. The lowest BCUT2D eigenvalue weighted by Gasteiger charge is -2.18. The molecule has 2 rings (SSSR count). The fraction of sp³-hybridized carbons (Fsp3) is 0.231. The van der Waals surface area contributed by atoms with Gasteiger partial charge in [0.15, 0.2) is 0 Å². The van der Waals surface area contributed by atoms with Gasteiger partial charge in [-0.05, 0) is 23.1 Å². The molecule has 0 radical (unpaired) electrons. The first-order valence-corrected chi connectivity index (χ1v) is 6.77. The molecule has 0 bridgehead atoms. The second kappa shape index (κ2) is 6.17. The van der Waals surface area contributed by atoms with E-state index in [1.54, 1.807) is 11.3 Å². The molecule has 1 unspecified atom stereocenters. The fourth-order valence-corrected chi connectivity index (χ4v) is 2.64. The number of hydrogen-bond donors (Lipinski definition) is 2. The SMILES string of the molecule is NCC(NCc1cccs1)c1ccccc1Cl. The van der Waals surface area contributed by atoms with Crippen LogP contribution in [0, 0.1) is 0 Å². The number of nitrogens with two attached hydrogens (primary N) is 1. The van der Waals surface area contributed by atoms with E-state index in [0.29, 0.717) is 6.54 Å². The lowest BCUT2D eigenvalue weighted by molar-refractivity contribution is 0.545. The first-order chi connectivity index (χ1) is 8.31. The standard InChI is InChI=1S/C13H15ClN2S/c14-12-6-2-1-5-11(12)13(8-15)16-9-10-4-3-7-17-10/h1-7,13,16H,8-9,15H2. The van der Waals surface area contributed by atoms with Crippen LogP contribution in [0.25, 0.3) is 0 Å². The van der Waals surface area contributed by atoms with E-state index in [1.165, 1.54) is 4.88 Å². The van der Waals surface area contributed by atoms with E-state index in [9.17, 15) is 0 Å². The average molecular weight is 267 g/mol. The number of hydrogen-bond acceptors (Lipinski definition) is 3. The lowest BCUT2D eigenvalue weighted by atomic mass is 10.1. The molecule has 1 atom stereocenters. The molecule has 0 aliphatic rings. The van der Waals surface area contributed by atoms with E-state index in [4.69, 9.17) is 17.3 Å². The second-order valence-electron chi connectivity index (χ2n) is 3.77. The summed E-state index contributed by atoms with van der Waals surface area (Å²) in [5, 5.41) is 6.27. The molecular weight excluding hydrogens is 252 g/mol. The van der Waals surface area contributed by atoms with Gasteiger partial charge < -0.3 is 11.1 Å². The molecule has 0 saturated heterocycles. The molecule has 2 aromatic rings. The molecule has 0 fully saturated rings. The van der Waals surface area contributed by atoms with Crippen molar-refractivity contribution >= 4 is 22.9 Å². The fourth-order valence-electron chi connectivity index (χ4n) is 1.71. The van der Waals surface area contributed by atoms with Gasteiger partial charge in [-0.15, -0.1) is 11.3 Å². The lowest BCUT2D eigenvalue weighted by Crippen LogP contribution is -2.27. The molecule has 90 valence electrons. The van der Waals surface area contributed by atoms with Crippen molar-refractivity contribution in [2.24, 2.45) is 5.73 Å². The summed E-state index contributed by atoms with van der Waals surface area (Å²) in [5.41, 5.74) is 6.86. The summed E-state index contributed by atoms with van der Waals surface area (Å²) in [6.45, 7) is 1.36. The van der Waals surface area contributed by atoms with Crippen LogP contribution in [0.15, 0.2) is 41.8 Å². The summed E-state index contributed by atoms with van der Waals surface area (Å²) in [4.78, 5) is 1.30. The van der Waals surface area contributed by atoms with Crippen LogP contribution in [0.4, 0.5) is 0 Å². The molecule has 1 heterocycles. The Morgan fingerprint density at radius 3 is 2.71 bits per heavy atom. The van der Waals surface area contributed by atoms with E-state index in [0.717, 1.165) is 17.1 Å². The van der Waals surface area contributed by atoms with Gasteiger partial charge in [0.1, 0.15) is 0 Å². The van der Waals surface area contributed by atoms with Crippen molar-refractivity contribution in [3.8, 4) is 0 Å². The Kier molecular flexibility index (Phi) is 4.57. The van der Waals surface area contributed by atoms with Gasteiger partial charge in [-0.1, -0.05) is 35.9 Å². The molecular formula is C13H15ClN2S. The van der Waals surface area contributed by atoms with E-state index >= 15 is 0 Å². The largest absolute Gasteiger partial charge is 0.329 e. The zero-order valence-electron chi connectivity index (χ0n) is 9.40.